The van der Waals surface area contributed by atoms with Gasteiger partial charge in [-0.15, -0.1) is 11.8 Å². The lowest BCUT2D eigenvalue weighted by atomic mass is 10.3. The number of hydrogen-bond donors (Lipinski definition) is 1. The van der Waals surface area contributed by atoms with Crippen LogP contribution in [0, 0.1) is 0 Å². The van der Waals surface area contributed by atoms with E-state index < -0.39 is 31.8 Å². The van der Waals surface area contributed by atoms with Crippen molar-refractivity contribution in [3.05, 3.63) is 48.5 Å². The molecule has 2 aromatic carbocycles. The second-order valence-electron chi connectivity index (χ2n) is 5.25. The third-order valence-electron chi connectivity index (χ3n) is 3.08. The molecule has 0 spiro atoms. The molecule has 2 aromatic rings. The summed E-state index contributed by atoms with van der Waals surface area (Å²) >= 11 is 0.464. The number of para-hydroxylation sites is 1. The number of hydrogen-bond acceptors (Lipinski definition) is 5. The molecule has 0 atom stereocenters. The highest BCUT2D eigenvalue weighted by molar-refractivity contribution is 7.99. The second-order valence-corrected chi connectivity index (χ2v) is 9.96. The molecule has 0 aromatic heterocycles. The van der Waals surface area contributed by atoms with Crippen LogP contribution < -0.4 is 4.72 Å². The summed E-state index contributed by atoms with van der Waals surface area (Å²) in [6, 6.07) is 10.2. The van der Waals surface area contributed by atoms with Gasteiger partial charge in [-0.2, -0.15) is 13.2 Å². The van der Waals surface area contributed by atoms with Crippen LogP contribution in [0.25, 0.3) is 0 Å². The summed E-state index contributed by atoms with van der Waals surface area (Å²) < 4.78 is 87.1. The second kappa shape index (κ2) is 7.49. The highest BCUT2D eigenvalue weighted by Gasteiger charge is 2.28. The number of halogens is 3. The first-order valence-electron chi connectivity index (χ1n) is 7.00. The van der Waals surface area contributed by atoms with Gasteiger partial charge in [-0.3, -0.25) is 4.72 Å². The smallest absolute Gasteiger partial charge is 0.278 e. The summed E-state index contributed by atoms with van der Waals surface area (Å²) in [4.78, 5) is -0.126. The fourth-order valence-electron chi connectivity index (χ4n) is 1.91. The zero-order chi connectivity index (χ0) is 19.6. The predicted molar refractivity (Wildman–Crippen MR) is 93.6 cm³/mol. The maximum Gasteiger partial charge on any atom is 0.398 e. The van der Waals surface area contributed by atoms with E-state index in [-0.39, 0.29) is 20.4 Å². The van der Waals surface area contributed by atoms with Gasteiger partial charge in [0.05, 0.1) is 21.2 Å². The number of sulfonamides is 1. The summed E-state index contributed by atoms with van der Waals surface area (Å²) in [5, 5.41) is 0. The molecular weight excluding hydrogens is 411 g/mol. The van der Waals surface area contributed by atoms with Gasteiger partial charge in [-0.25, -0.2) is 16.8 Å². The molecule has 0 saturated heterocycles. The molecule has 142 valence electrons. The van der Waals surface area contributed by atoms with Crippen LogP contribution in [-0.2, 0) is 19.9 Å². The Hall–Kier alpha value is -1.72. The van der Waals surface area contributed by atoms with Gasteiger partial charge in [-0.05, 0) is 36.4 Å². The van der Waals surface area contributed by atoms with E-state index in [2.05, 4.69) is 4.72 Å². The maximum absolute atomic E-state index is 12.4. The largest absolute Gasteiger partial charge is 0.398 e. The number of anilines is 1. The average molecular weight is 425 g/mol. The molecule has 0 heterocycles. The molecule has 0 aliphatic rings. The van der Waals surface area contributed by atoms with Crippen molar-refractivity contribution >= 4 is 37.3 Å². The van der Waals surface area contributed by atoms with Crippen LogP contribution in [0.1, 0.15) is 0 Å². The Labute approximate surface area is 153 Å². The van der Waals surface area contributed by atoms with E-state index in [1.54, 1.807) is 0 Å². The lowest BCUT2D eigenvalue weighted by molar-refractivity contribution is -0.105. The number of thioether (sulfide) groups is 1. The van der Waals surface area contributed by atoms with Crippen LogP contribution in [0.2, 0.25) is 0 Å². The Balaban J connectivity index is 2.27. The molecule has 2 rings (SSSR count). The number of sulfone groups is 1. The van der Waals surface area contributed by atoms with E-state index in [0.29, 0.717) is 11.8 Å². The van der Waals surface area contributed by atoms with Crippen molar-refractivity contribution in [2.45, 2.75) is 20.9 Å². The van der Waals surface area contributed by atoms with E-state index in [0.717, 1.165) is 30.5 Å². The van der Waals surface area contributed by atoms with Crippen LogP contribution in [-0.4, -0.2) is 35.0 Å². The topological polar surface area (TPSA) is 80.3 Å². The van der Waals surface area contributed by atoms with Gasteiger partial charge >= 0.3 is 6.18 Å². The molecule has 0 aliphatic carbocycles. The summed E-state index contributed by atoms with van der Waals surface area (Å²) in [5.74, 6) is -1.16. The van der Waals surface area contributed by atoms with Crippen molar-refractivity contribution in [1.82, 2.24) is 0 Å². The Kier molecular flexibility index (Phi) is 5.93. The summed E-state index contributed by atoms with van der Waals surface area (Å²) in [5.41, 5.74) is 0.00828. The van der Waals surface area contributed by atoms with Gasteiger partial charge < -0.3 is 0 Å². The van der Waals surface area contributed by atoms with Crippen molar-refractivity contribution in [3.8, 4) is 0 Å². The summed E-state index contributed by atoms with van der Waals surface area (Å²) in [7, 11) is -7.57. The third kappa shape index (κ3) is 5.64. The fourth-order valence-corrected chi connectivity index (χ4v) is 4.45. The quantitative estimate of drug-likeness (QED) is 0.716. The maximum atomic E-state index is 12.4. The molecule has 1 N–H and O–H groups in total. The Morgan fingerprint density at radius 2 is 1.46 bits per heavy atom. The van der Waals surface area contributed by atoms with Crippen LogP contribution in [0.5, 0.6) is 0 Å². The molecule has 0 radical (unpaired) electrons. The Morgan fingerprint density at radius 3 is 2.00 bits per heavy atom. The minimum Gasteiger partial charge on any atom is -0.278 e. The van der Waals surface area contributed by atoms with Crippen molar-refractivity contribution < 1.29 is 30.0 Å². The van der Waals surface area contributed by atoms with Crippen LogP contribution >= 0.6 is 11.8 Å². The van der Waals surface area contributed by atoms with Crippen molar-refractivity contribution in [3.63, 3.8) is 0 Å². The van der Waals surface area contributed by atoms with Gasteiger partial charge in [0.2, 0.25) is 0 Å². The van der Waals surface area contributed by atoms with Gasteiger partial charge in [0.25, 0.3) is 10.0 Å². The molecule has 0 saturated carbocycles. The summed E-state index contributed by atoms with van der Waals surface area (Å²) in [6.07, 6.45) is -3.40. The fraction of sp³-hybridized carbons (Fsp3) is 0.200. The Morgan fingerprint density at radius 1 is 0.923 bits per heavy atom. The number of nitrogens with one attached hydrogen (secondary N) is 1. The first kappa shape index (κ1) is 20.6. The van der Waals surface area contributed by atoms with Gasteiger partial charge in [0.1, 0.15) is 0 Å². The minimum absolute atomic E-state index is 0.00828. The van der Waals surface area contributed by atoms with Crippen LogP contribution in [0.4, 0.5) is 18.9 Å². The van der Waals surface area contributed by atoms with Gasteiger partial charge in [-0.1, -0.05) is 12.1 Å². The average Bonchev–Trinajstić information content (AvgIpc) is 2.52. The predicted octanol–water partition coefficient (Wildman–Crippen LogP) is 3.55. The Bertz CT molecular complexity index is 986. The molecule has 11 heteroatoms. The van der Waals surface area contributed by atoms with E-state index >= 15 is 0 Å². The van der Waals surface area contributed by atoms with Crippen molar-refractivity contribution in [1.29, 1.82) is 0 Å². The molecule has 0 aliphatic heterocycles. The molecule has 0 fully saturated rings. The highest BCUT2D eigenvalue weighted by atomic mass is 32.2. The van der Waals surface area contributed by atoms with Gasteiger partial charge in [0, 0.05) is 11.2 Å². The van der Waals surface area contributed by atoms with E-state index in [1.165, 1.54) is 24.3 Å². The van der Waals surface area contributed by atoms with E-state index in [1.807, 2.05) is 0 Å². The van der Waals surface area contributed by atoms with Crippen LogP contribution in [0.15, 0.2) is 63.2 Å². The summed E-state index contributed by atoms with van der Waals surface area (Å²) in [6.45, 7) is 0. The lowest BCUT2D eigenvalue weighted by Crippen LogP contribution is -2.14. The highest BCUT2D eigenvalue weighted by Crippen LogP contribution is 2.33. The molecular formula is C15H14F3NO4S3. The zero-order valence-electron chi connectivity index (χ0n) is 13.3. The first-order chi connectivity index (χ1) is 11.9. The van der Waals surface area contributed by atoms with Crippen molar-refractivity contribution in [2.24, 2.45) is 0 Å². The van der Waals surface area contributed by atoms with E-state index in [4.69, 9.17) is 0 Å². The van der Waals surface area contributed by atoms with E-state index in [9.17, 15) is 30.0 Å². The molecule has 0 bridgehead atoms. The van der Waals surface area contributed by atoms with Crippen molar-refractivity contribution in [2.75, 3.05) is 16.7 Å². The SMILES string of the molecule is CS(=O)(=O)c1ccc(S(=O)(=O)Nc2ccccc2SCC(F)(F)F)cc1. The monoisotopic (exact) mass is 425 g/mol. The third-order valence-corrected chi connectivity index (χ3v) is 6.73. The standard InChI is InChI=1S/C15H14F3NO4S3/c1-25(20,21)11-6-8-12(9-7-11)26(22,23)19-13-4-2-3-5-14(13)24-10-15(16,17)18/h2-9,19H,10H2,1H3. The number of rotatable bonds is 6. The minimum atomic E-state index is -4.39. The molecule has 26 heavy (non-hydrogen) atoms. The number of benzene rings is 2. The van der Waals surface area contributed by atoms with Gasteiger partial charge in [0.15, 0.2) is 9.84 Å². The number of alkyl halides is 3. The molecule has 0 unspecified atom stereocenters. The lowest BCUT2D eigenvalue weighted by Gasteiger charge is -2.13. The first-order valence-corrected chi connectivity index (χ1v) is 11.4. The van der Waals surface area contributed by atoms with Crippen LogP contribution in [0.3, 0.4) is 0 Å². The zero-order valence-corrected chi connectivity index (χ0v) is 15.8. The molecule has 5 nitrogen and oxygen atoms in total. The normalized spacial score (nSPS) is 12.8. The molecule has 0 amide bonds.